The Bertz CT molecular complexity index is 1450. The molecule has 4 heterocycles. The number of nitrogens with zero attached hydrogens (tertiary/aromatic N) is 4. The summed E-state index contributed by atoms with van der Waals surface area (Å²) in [6.45, 7) is 0.0488. The Morgan fingerprint density at radius 2 is 2.00 bits per heavy atom. The zero-order valence-electron chi connectivity index (χ0n) is 17.1. The van der Waals surface area contributed by atoms with Gasteiger partial charge in [0.25, 0.3) is 0 Å². The first-order valence-corrected chi connectivity index (χ1v) is 9.73. The number of methoxy groups -OCH3 is 1. The number of ether oxygens (including phenoxy) is 2. The molecule has 7 nitrogen and oxygen atoms in total. The first kappa shape index (κ1) is 20.7. The van der Waals surface area contributed by atoms with Crippen LogP contribution in [0.2, 0.25) is 0 Å². The van der Waals surface area contributed by atoms with Gasteiger partial charge in [0.15, 0.2) is 17.1 Å². The highest BCUT2D eigenvalue weighted by Gasteiger charge is 2.33. The summed E-state index contributed by atoms with van der Waals surface area (Å²) in [5.74, 6) is 0.300. The molecule has 4 aromatic rings. The number of nitrogens with one attached hydrogen (secondary N) is 1. The third-order valence-electron chi connectivity index (χ3n) is 5.11. The summed E-state index contributed by atoms with van der Waals surface area (Å²) in [6, 6.07) is 12.1. The average Bonchev–Trinajstić information content (AvgIpc) is 2.82. The summed E-state index contributed by atoms with van der Waals surface area (Å²) < 4.78 is 50.6. The minimum absolute atomic E-state index is 0.0348. The Hall–Kier alpha value is -4.23. The van der Waals surface area contributed by atoms with E-state index in [2.05, 4.69) is 26.3 Å². The van der Waals surface area contributed by atoms with Gasteiger partial charge in [0.1, 0.15) is 17.5 Å². The topological polar surface area (TPSA) is 93.0 Å². The van der Waals surface area contributed by atoms with E-state index in [-0.39, 0.29) is 18.1 Å². The van der Waals surface area contributed by atoms with Crippen LogP contribution < -0.4 is 10.1 Å². The van der Waals surface area contributed by atoms with Crippen LogP contribution in [0.15, 0.2) is 48.7 Å². The van der Waals surface area contributed by atoms with E-state index < -0.39 is 11.7 Å². The lowest BCUT2D eigenvalue weighted by atomic mass is 10.1. The molecular weight excluding hydrogens is 435 g/mol. The van der Waals surface area contributed by atoms with Crippen molar-refractivity contribution in [3.05, 3.63) is 65.5 Å². The second-order valence-corrected chi connectivity index (χ2v) is 7.21. The van der Waals surface area contributed by atoms with E-state index in [0.717, 1.165) is 12.1 Å². The lowest BCUT2D eigenvalue weighted by molar-refractivity contribution is -0.137. The van der Waals surface area contributed by atoms with Gasteiger partial charge >= 0.3 is 6.18 Å². The van der Waals surface area contributed by atoms with Crippen molar-refractivity contribution >= 4 is 22.4 Å². The number of nitriles is 1. The Labute approximate surface area is 185 Å². The third-order valence-corrected chi connectivity index (χ3v) is 5.11. The first-order valence-electron chi connectivity index (χ1n) is 9.73. The molecule has 1 aromatic carbocycles. The molecule has 3 aromatic heterocycles. The number of hydrogen-bond acceptors (Lipinski definition) is 7. The number of aromatic nitrogens is 3. The van der Waals surface area contributed by atoms with Gasteiger partial charge in [-0.15, -0.1) is 0 Å². The molecule has 0 fully saturated rings. The minimum atomic E-state index is -4.50. The fourth-order valence-corrected chi connectivity index (χ4v) is 3.61. The number of pyridine rings is 3. The van der Waals surface area contributed by atoms with Gasteiger partial charge in [-0.3, -0.25) is 4.98 Å². The van der Waals surface area contributed by atoms with Gasteiger partial charge in [-0.1, -0.05) is 0 Å². The van der Waals surface area contributed by atoms with Gasteiger partial charge in [0.2, 0.25) is 0 Å². The van der Waals surface area contributed by atoms with Crippen molar-refractivity contribution in [1.29, 1.82) is 5.26 Å². The standard InChI is InChI=1S/C23H14F3N5O2/c1-32-11-17-21-20(29-15-6-4-13(23(24,25)26)9-18(15)33-21)14-5-7-16(30-22(14)31-17)19-12(10-27)3-2-8-28-19/h2-9,29H,11H2,1H3. The van der Waals surface area contributed by atoms with Crippen molar-refractivity contribution < 1.29 is 22.6 Å². The molecular formula is C23H14F3N5O2. The molecule has 33 heavy (non-hydrogen) atoms. The van der Waals surface area contributed by atoms with E-state index in [4.69, 9.17) is 9.47 Å². The van der Waals surface area contributed by atoms with E-state index in [1.54, 1.807) is 30.5 Å². The number of hydrogen-bond donors (Lipinski definition) is 1. The fraction of sp³-hybridized carbons (Fsp3) is 0.130. The molecule has 0 aliphatic carbocycles. The molecule has 0 unspecified atom stereocenters. The lowest BCUT2D eigenvalue weighted by Crippen LogP contribution is -2.11. The van der Waals surface area contributed by atoms with Crippen LogP contribution >= 0.6 is 0 Å². The molecule has 0 saturated carbocycles. The van der Waals surface area contributed by atoms with E-state index >= 15 is 0 Å². The quantitative estimate of drug-likeness (QED) is 0.384. The fourth-order valence-electron chi connectivity index (χ4n) is 3.61. The summed E-state index contributed by atoms with van der Waals surface area (Å²) in [5, 5.41) is 13.1. The number of halogens is 3. The van der Waals surface area contributed by atoms with E-state index in [1.165, 1.54) is 13.2 Å². The Balaban J connectivity index is 1.66. The zero-order chi connectivity index (χ0) is 23.2. The van der Waals surface area contributed by atoms with Crippen molar-refractivity contribution in [1.82, 2.24) is 15.0 Å². The average molecular weight is 449 g/mol. The molecule has 1 N–H and O–H groups in total. The van der Waals surface area contributed by atoms with Crippen LogP contribution in [0, 0.1) is 11.3 Å². The highest BCUT2D eigenvalue weighted by atomic mass is 19.4. The Morgan fingerprint density at radius 1 is 1.15 bits per heavy atom. The van der Waals surface area contributed by atoms with Crippen LogP contribution in [0.1, 0.15) is 16.8 Å². The van der Waals surface area contributed by atoms with E-state index in [9.17, 15) is 18.4 Å². The number of alkyl halides is 3. The second-order valence-electron chi connectivity index (χ2n) is 7.21. The van der Waals surface area contributed by atoms with Crippen LogP contribution in [0.5, 0.6) is 11.5 Å². The van der Waals surface area contributed by atoms with Crippen molar-refractivity contribution in [3.8, 4) is 29.0 Å². The monoisotopic (exact) mass is 449 g/mol. The second kappa shape index (κ2) is 7.72. The van der Waals surface area contributed by atoms with Crippen LogP contribution in [-0.2, 0) is 17.5 Å². The summed E-state index contributed by atoms with van der Waals surface area (Å²) >= 11 is 0. The molecule has 0 atom stereocenters. The Kier molecular flexibility index (Phi) is 4.83. The predicted octanol–water partition coefficient (Wildman–Crippen LogP) is 5.58. The van der Waals surface area contributed by atoms with Gasteiger partial charge in [0.05, 0.1) is 34.8 Å². The molecule has 0 radical (unpaired) electrons. The third kappa shape index (κ3) is 3.58. The zero-order valence-corrected chi connectivity index (χ0v) is 17.1. The first-order chi connectivity index (χ1) is 15.9. The van der Waals surface area contributed by atoms with Gasteiger partial charge in [-0.25, -0.2) is 9.97 Å². The number of benzene rings is 1. The summed E-state index contributed by atoms with van der Waals surface area (Å²) in [7, 11) is 1.47. The van der Waals surface area contributed by atoms with Crippen molar-refractivity contribution in [2.75, 3.05) is 12.4 Å². The molecule has 0 saturated heterocycles. The SMILES string of the molecule is COCc1nc2nc(-c3ncccc3C#N)ccc2c2c1Oc1cc(C(F)(F)F)ccc1N2. The maximum Gasteiger partial charge on any atom is 0.416 e. The molecule has 1 aliphatic heterocycles. The Morgan fingerprint density at radius 3 is 2.76 bits per heavy atom. The van der Waals surface area contributed by atoms with E-state index in [1.807, 2.05) is 0 Å². The number of anilines is 2. The summed E-state index contributed by atoms with van der Waals surface area (Å²) in [6.07, 6.45) is -2.93. The summed E-state index contributed by atoms with van der Waals surface area (Å²) in [5.41, 5.74) is 2.04. The lowest BCUT2D eigenvalue weighted by Gasteiger charge is -2.25. The van der Waals surface area contributed by atoms with Crippen molar-refractivity contribution in [2.24, 2.45) is 0 Å². The highest BCUT2D eigenvalue weighted by Crippen LogP contribution is 2.48. The largest absolute Gasteiger partial charge is 0.451 e. The van der Waals surface area contributed by atoms with Crippen LogP contribution in [-0.4, -0.2) is 22.1 Å². The number of fused-ring (bicyclic) bond motifs is 4. The maximum atomic E-state index is 13.2. The predicted molar refractivity (Wildman–Crippen MR) is 113 cm³/mol. The molecule has 0 bridgehead atoms. The molecule has 10 heteroatoms. The number of rotatable bonds is 3. The molecule has 0 amide bonds. The van der Waals surface area contributed by atoms with Gasteiger partial charge in [-0.2, -0.15) is 18.4 Å². The van der Waals surface area contributed by atoms with Crippen molar-refractivity contribution in [2.45, 2.75) is 12.8 Å². The van der Waals surface area contributed by atoms with Crippen LogP contribution in [0.4, 0.5) is 24.5 Å². The van der Waals surface area contributed by atoms with Gasteiger partial charge in [-0.05, 0) is 42.5 Å². The molecule has 0 spiro atoms. The van der Waals surface area contributed by atoms with Crippen LogP contribution in [0.3, 0.4) is 0 Å². The van der Waals surface area contributed by atoms with Crippen molar-refractivity contribution in [3.63, 3.8) is 0 Å². The van der Waals surface area contributed by atoms with Gasteiger partial charge in [0, 0.05) is 18.7 Å². The van der Waals surface area contributed by atoms with E-state index in [0.29, 0.717) is 45.1 Å². The molecule has 164 valence electrons. The maximum absolute atomic E-state index is 13.2. The smallest absolute Gasteiger partial charge is 0.416 e. The van der Waals surface area contributed by atoms with Crippen LogP contribution in [0.25, 0.3) is 22.4 Å². The highest BCUT2D eigenvalue weighted by molar-refractivity contribution is 5.98. The molecule has 5 rings (SSSR count). The van der Waals surface area contributed by atoms with Gasteiger partial charge < -0.3 is 14.8 Å². The normalized spacial score (nSPS) is 12.3. The minimum Gasteiger partial charge on any atom is -0.451 e. The summed E-state index contributed by atoms with van der Waals surface area (Å²) in [4.78, 5) is 13.4. The molecule has 1 aliphatic rings.